The number of rotatable bonds is 0. The van der Waals surface area contributed by atoms with Gasteiger partial charge in [0.05, 0.1) is 0 Å². The number of hydrogen-bond acceptors (Lipinski definition) is 4. The van der Waals surface area contributed by atoms with Crippen molar-refractivity contribution in [1.29, 1.82) is 0 Å². The predicted molar refractivity (Wildman–Crippen MR) is 68.2 cm³/mol. The first-order valence-corrected chi connectivity index (χ1v) is 2.61. The molecule has 0 aliphatic rings. The van der Waals surface area contributed by atoms with Gasteiger partial charge in [-0.25, -0.2) is 19.2 Å². The van der Waals surface area contributed by atoms with Gasteiger partial charge in [0.15, 0.2) is 0 Å². The summed E-state index contributed by atoms with van der Waals surface area (Å²) in [6.07, 6.45) is -7.33. The van der Waals surface area contributed by atoms with E-state index in [9.17, 15) is 0 Å². The van der Waals surface area contributed by atoms with Crippen LogP contribution in [0.2, 0.25) is 0 Å². The van der Waals surface area contributed by atoms with Gasteiger partial charge in [-0.1, -0.05) is 0 Å². The Morgan fingerprint density at radius 2 is 0.205 bits per heavy atom. The molecule has 0 saturated carbocycles. The second kappa shape index (κ2) is 184. The maximum Gasteiger partial charge on any atom is 1.00 e. The molecule has 0 rings (SSSR count). The molecular weight excluding hydrogens is 769 g/mol. The van der Waals surface area contributed by atoms with Gasteiger partial charge in [0.25, 0.3) is 0 Å². The average molecular weight is 800 g/mol. The predicted octanol–water partition coefficient (Wildman–Crippen LogP) is -65.4. The Balaban J connectivity index is -0.000000000517. The molecule has 0 amide bonds. The van der Waals surface area contributed by atoms with E-state index in [1.54, 1.807) is 0 Å². The van der Waals surface area contributed by atoms with Crippen LogP contribution in [0.4, 0.5) is 19.2 Å². The quantitative estimate of drug-likeness (QED) is 0.107. The van der Waals surface area contributed by atoms with E-state index in [2.05, 4.69) is 0 Å². The van der Waals surface area contributed by atoms with Crippen molar-refractivity contribution in [2.75, 3.05) is 0 Å². The molecule has 0 atom stereocenters. The third kappa shape index (κ3) is 453. The van der Waals surface area contributed by atoms with E-state index in [0.29, 0.717) is 0 Å². The van der Waals surface area contributed by atoms with Crippen molar-refractivity contribution >= 4 is 24.6 Å². The molecule has 0 aromatic carbocycles. The van der Waals surface area contributed by atoms with Crippen molar-refractivity contribution in [2.24, 2.45) is 0 Å². The fourth-order valence-electron chi connectivity index (χ4n) is 0. The van der Waals surface area contributed by atoms with Gasteiger partial charge in [-0.3, -0.25) is 0 Å². The zero-order valence-corrected chi connectivity index (χ0v) is 76.2. The van der Waals surface area contributed by atoms with Crippen molar-refractivity contribution in [3.8, 4) is 0 Å². The standard InChI is InChI=1S/4CH2O3.23Na.23H/c4*2-1(3)4;;;;;;;;;;;;;;;;;;;;;;;;;;;;;;;;;;;;;;;;;;;;;;/h4*(H2,2,3,4);;;;;;;;;;;;;;;;;;;;;;;;;;;;;;;;;;;;;;;;;;;;;;/q;;;;23*+1;23*-1. The van der Waals surface area contributed by atoms with Gasteiger partial charge in [-0.2, -0.15) is 0 Å². The Morgan fingerprint density at radius 3 is 0.205 bits per heavy atom. The number of hydrogen-bond donors (Lipinski definition) is 8. The SMILES string of the molecule is O=C(O)O.O=C(O)O.O=C(O)O.O=C(O)O.[H-].[H-].[H-].[H-].[H-].[H-].[H-].[H-].[H-].[H-].[H-].[H-].[H-].[H-].[H-].[H-].[H-].[H-].[H-].[H-].[H-].[H-].[H-].[Na+].[Na+].[Na+].[Na+].[Na+].[Na+].[Na+].[Na+].[Na+].[Na+].[Na+].[Na+].[Na+].[Na+].[Na+].[Na+].[Na+].[Na+].[Na+].[Na+].[Na+].[Na+].[Na+]. The maximum atomic E-state index is 8.56. The molecule has 0 spiro atoms. The maximum absolute atomic E-state index is 8.56. The minimum absolute atomic E-state index is 0. The molecule has 0 saturated heterocycles. The largest absolute Gasteiger partial charge is 1.00 e. The van der Waals surface area contributed by atoms with Crippen LogP contribution in [0.25, 0.3) is 0 Å². The summed E-state index contributed by atoms with van der Waals surface area (Å²) in [7, 11) is 0. The van der Waals surface area contributed by atoms with Crippen molar-refractivity contribution in [1.82, 2.24) is 0 Å². The molecule has 0 aliphatic carbocycles. The summed E-state index contributed by atoms with van der Waals surface area (Å²) >= 11 is 0. The molecule has 12 nitrogen and oxygen atoms in total. The first-order chi connectivity index (χ1) is 6.93. The molecule has 0 radical (unpaired) electrons. The summed E-state index contributed by atoms with van der Waals surface area (Å²) in [5.74, 6) is 0. The molecule has 39 heavy (non-hydrogen) atoms. The molecule has 0 aromatic heterocycles. The second-order valence-corrected chi connectivity index (χ2v) is 1.13. The summed E-state index contributed by atoms with van der Waals surface area (Å²) in [4.78, 5) is 34.2. The molecule has 142 valence electrons. The zero-order chi connectivity index (χ0) is 14.3. The van der Waals surface area contributed by atoms with Crippen LogP contribution in [-0.2, 0) is 0 Å². The molecule has 0 aromatic rings. The van der Waals surface area contributed by atoms with E-state index in [1.807, 2.05) is 0 Å². The van der Waals surface area contributed by atoms with E-state index < -0.39 is 24.6 Å². The van der Waals surface area contributed by atoms with Crippen molar-refractivity contribution in [3.05, 3.63) is 0 Å². The average Bonchev–Trinajstić information content (AvgIpc) is 1.76. The minimum Gasteiger partial charge on any atom is -1.00 e. The molecule has 0 bridgehead atoms. The van der Waals surface area contributed by atoms with Crippen LogP contribution in [0.5, 0.6) is 0 Å². The molecule has 0 aliphatic heterocycles. The summed E-state index contributed by atoms with van der Waals surface area (Å²) in [6, 6.07) is 0. The summed E-state index contributed by atoms with van der Waals surface area (Å²) in [5, 5.41) is 55.8. The van der Waals surface area contributed by atoms with Crippen LogP contribution < -0.4 is 680 Å². The van der Waals surface area contributed by atoms with Gasteiger partial charge in [0.1, 0.15) is 0 Å². The summed E-state index contributed by atoms with van der Waals surface area (Å²) < 4.78 is 0. The molecule has 0 heterocycles. The summed E-state index contributed by atoms with van der Waals surface area (Å²) in [5.41, 5.74) is 0. The minimum atomic E-state index is -1.83. The third-order valence-electron chi connectivity index (χ3n) is 0. The summed E-state index contributed by atoms with van der Waals surface area (Å²) in [6.45, 7) is 0. The second-order valence-electron chi connectivity index (χ2n) is 1.13. The van der Waals surface area contributed by atoms with Gasteiger partial charge in [0.2, 0.25) is 0 Å². The van der Waals surface area contributed by atoms with Crippen molar-refractivity contribution in [3.63, 3.8) is 0 Å². The van der Waals surface area contributed by atoms with E-state index in [1.165, 1.54) is 0 Å². The van der Waals surface area contributed by atoms with Crippen molar-refractivity contribution in [2.45, 2.75) is 0 Å². The van der Waals surface area contributed by atoms with Crippen LogP contribution >= 0.6 is 0 Å². The van der Waals surface area contributed by atoms with Crippen LogP contribution in [-0.4, -0.2) is 65.5 Å². The van der Waals surface area contributed by atoms with Crippen LogP contribution in [0.1, 0.15) is 32.8 Å². The van der Waals surface area contributed by atoms with Crippen molar-refractivity contribution < 1.29 is 773 Å². The monoisotopic (exact) mass is 800 g/mol. The number of carbonyl (C=O) groups is 4. The van der Waals surface area contributed by atoms with Crippen LogP contribution in [0.15, 0.2) is 0 Å². The fourth-order valence-corrected chi connectivity index (χ4v) is 0. The van der Waals surface area contributed by atoms with Gasteiger partial charge >= 0.3 is 704 Å². The fraction of sp³-hybridized carbons (Fsp3) is 0. The molecule has 8 N–H and O–H groups in total. The Hall–Kier alpha value is 20.1. The van der Waals surface area contributed by atoms with Gasteiger partial charge in [-0.15, -0.1) is 0 Å². The number of carboxylic acid groups (broad SMARTS) is 8. The molecule has 35 heteroatoms. The Morgan fingerprint density at radius 1 is 0.205 bits per heavy atom. The Kier molecular flexibility index (Phi) is 913. The van der Waals surface area contributed by atoms with E-state index in [4.69, 9.17) is 60.0 Å². The molecule has 0 unspecified atom stereocenters. The first-order valence-electron chi connectivity index (χ1n) is 2.61. The van der Waals surface area contributed by atoms with Crippen LogP contribution in [0.3, 0.4) is 0 Å². The topological polar surface area (TPSA) is 230 Å². The molecular formula is C4H31Na23O12. The Bertz CT molecular complexity index is 250. The smallest absolute Gasteiger partial charge is 1.00 e. The zero-order valence-electron chi connectivity index (χ0n) is 53.2. The van der Waals surface area contributed by atoms with E-state index >= 15 is 0 Å². The normalized spacial score (nSPS) is 2.46. The van der Waals surface area contributed by atoms with E-state index in [-0.39, 0.29) is 713 Å². The first kappa shape index (κ1) is 194. The van der Waals surface area contributed by atoms with E-state index in [0.717, 1.165) is 0 Å². The van der Waals surface area contributed by atoms with Gasteiger partial charge < -0.3 is 73.7 Å². The molecule has 0 fully saturated rings. The third-order valence-corrected chi connectivity index (χ3v) is 0. The van der Waals surface area contributed by atoms with Gasteiger partial charge in [-0.05, 0) is 0 Å². The Labute approximate surface area is 774 Å². The van der Waals surface area contributed by atoms with Gasteiger partial charge in [0, 0.05) is 0 Å². The van der Waals surface area contributed by atoms with Crippen LogP contribution in [0, 0.1) is 0 Å².